The third kappa shape index (κ3) is 4.96. The molecular formula is C12H22ClNOS. The van der Waals surface area contributed by atoms with Gasteiger partial charge in [-0.1, -0.05) is 12.8 Å². The average molecular weight is 264 g/mol. The Morgan fingerprint density at radius 1 is 1.38 bits per heavy atom. The summed E-state index contributed by atoms with van der Waals surface area (Å²) in [7, 11) is 1.93. The van der Waals surface area contributed by atoms with Crippen LogP contribution in [0.5, 0.6) is 0 Å². The first-order chi connectivity index (χ1) is 7.75. The van der Waals surface area contributed by atoms with E-state index < -0.39 is 0 Å². The SMILES string of the molecule is CN(CCCCCCl)C(=O)C1CCCCS1. The minimum Gasteiger partial charge on any atom is -0.345 e. The van der Waals surface area contributed by atoms with Crippen LogP contribution in [0.1, 0.15) is 38.5 Å². The van der Waals surface area contributed by atoms with Crippen LogP contribution in [-0.2, 0) is 4.79 Å². The van der Waals surface area contributed by atoms with Gasteiger partial charge in [0, 0.05) is 19.5 Å². The molecule has 0 aromatic heterocycles. The Kier molecular flexibility index (Phi) is 7.30. The van der Waals surface area contributed by atoms with Crippen LogP contribution in [-0.4, -0.2) is 41.3 Å². The lowest BCUT2D eigenvalue weighted by atomic mass is 10.1. The Morgan fingerprint density at radius 2 is 2.19 bits per heavy atom. The van der Waals surface area contributed by atoms with Gasteiger partial charge in [-0.3, -0.25) is 4.79 Å². The monoisotopic (exact) mass is 263 g/mol. The quantitative estimate of drug-likeness (QED) is 0.542. The lowest BCUT2D eigenvalue weighted by Crippen LogP contribution is -2.36. The number of thioether (sulfide) groups is 1. The van der Waals surface area contributed by atoms with E-state index in [4.69, 9.17) is 11.6 Å². The zero-order valence-corrected chi connectivity index (χ0v) is 11.7. The van der Waals surface area contributed by atoms with Crippen molar-refractivity contribution in [1.82, 2.24) is 4.90 Å². The molecule has 94 valence electrons. The smallest absolute Gasteiger partial charge is 0.235 e. The molecule has 1 aliphatic rings. The van der Waals surface area contributed by atoms with Gasteiger partial charge in [0.25, 0.3) is 0 Å². The maximum absolute atomic E-state index is 12.0. The van der Waals surface area contributed by atoms with Crippen LogP contribution in [0.2, 0.25) is 0 Å². The van der Waals surface area contributed by atoms with Crippen molar-refractivity contribution in [3.8, 4) is 0 Å². The molecule has 1 saturated heterocycles. The lowest BCUT2D eigenvalue weighted by molar-refractivity contribution is -0.129. The fourth-order valence-corrected chi connectivity index (χ4v) is 3.41. The molecule has 4 heteroatoms. The number of nitrogens with zero attached hydrogens (tertiary/aromatic N) is 1. The van der Waals surface area contributed by atoms with Gasteiger partial charge in [-0.25, -0.2) is 0 Å². The molecule has 1 rings (SSSR count). The van der Waals surface area contributed by atoms with Crippen LogP contribution < -0.4 is 0 Å². The number of halogens is 1. The minimum atomic E-state index is 0.228. The van der Waals surface area contributed by atoms with Crippen molar-refractivity contribution < 1.29 is 4.79 Å². The van der Waals surface area contributed by atoms with Gasteiger partial charge in [-0.15, -0.1) is 23.4 Å². The van der Waals surface area contributed by atoms with Crippen molar-refractivity contribution in [3.63, 3.8) is 0 Å². The molecule has 0 spiro atoms. The standard InChI is InChI=1S/C12H22ClNOS/c1-14(9-5-2-4-8-13)12(15)11-7-3-6-10-16-11/h11H,2-10H2,1H3. The van der Waals surface area contributed by atoms with Crippen LogP contribution >= 0.6 is 23.4 Å². The number of hydrogen-bond acceptors (Lipinski definition) is 2. The summed E-state index contributed by atoms with van der Waals surface area (Å²) in [4.78, 5) is 13.9. The number of amides is 1. The predicted molar refractivity (Wildman–Crippen MR) is 72.3 cm³/mol. The van der Waals surface area contributed by atoms with Gasteiger partial charge in [0.1, 0.15) is 0 Å². The lowest BCUT2D eigenvalue weighted by Gasteiger charge is -2.26. The molecule has 1 amide bonds. The number of carbonyl (C=O) groups excluding carboxylic acids is 1. The maximum Gasteiger partial charge on any atom is 0.235 e. The van der Waals surface area contributed by atoms with E-state index in [9.17, 15) is 4.79 Å². The molecule has 1 aliphatic heterocycles. The van der Waals surface area contributed by atoms with Gasteiger partial charge >= 0.3 is 0 Å². The van der Waals surface area contributed by atoms with Crippen LogP contribution in [0, 0.1) is 0 Å². The van der Waals surface area contributed by atoms with E-state index in [1.807, 2.05) is 23.7 Å². The minimum absolute atomic E-state index is 0.228. The van der Waals surface area contributed by atoms with Gasteiger partial charge in [0.2, 0.25) is 5.91 Å². The van der Waals surface area contributed by atoms with Gasteiger partial charge in [0.15, 0.2) is 0 Å². The Hall–Kier alpha value is 0.110. The normalized spacial score (nSPS) is 20.8. The van der Waals surface area contributed by atoms with E-state index >= 15 is 0 Å². The van der Waals surface area contributed by atoms with E-state index in [-0.39, 0.29) is 5.25 Å². The summed E-state index contributed by atoms with van der Waals surface area (Å²) >= 11 is 7.45. The molecule has 0 aliphatic carbocycles. The molecule has 0 aromatic rings. The molecule has 1 unspecified atom stereocenters. The van der Waals surface area contributed by atoms with Crippen molar-refractivity contribution in [2.75, 3.05) is 25.2 Å². The molecule has 0 bridgehead atoms. The molecular weight excluding hydrogens is 242 g/mol. The maximum atomic E-state index is 12.0. The average Bonchev–Trinajstić information content (AvgIpc) is 2.34. The van der Waals surface area contributed by atoms with Crippen LogP contribution in [0.25, 0.3) is 0 Å². The zero-order valence-electron chi connectivity index (χ0n) is 10.1. The molecule has 0 saturated carbocycles. The van der Waals surface area contributed by atoms with Crippen molar-refractivity contribution >= 4 is 29.3 Å². The highest BCUT2D eigenvalue weighted by Gasteiger charge is 2.24. The summed E-state index contributed by atoms with van der Waals surface area (Å²) in [6.45, 7) is 0.882. The predicted octanol–water partition coefficient (Wildman–Crippen LogP) is 3.14. The van der Waals surface area contributed by atoms with Crippen LogP contribution in [0.3, 0.4) is 0 Å². The second-order valence-corrected chi connectivity index (χ2v) is 6.05. The van der Waals surface area contributed by atoms with Crippen molar-refractivity contribution in [3.05, 3.63) is 0 Å². The fraction of sp³-hybridized carbons (Fsp3) is 0.917. The second-order valence-electron chi connectivity index (χ2n) is 4.36. The van der Waals surface area contributed by atoms with Crippen molar-refractivity contribution in [2.24, 2.45) is 0 Å². The fourth-order valence-electron chi connectivity index (χ4n) is 1.91. The Labute approximate surface area is 108 Å². The summed E-state index contributed by atoms with van der Waals surface area (Å²) in [5.41, 5.74) is 0. The van der Waals surface area contributed by atoms with Crippen LogP contribution in [0.4, 0.5) is 0 Å². The Morgan fingerprint density at radius 3 is 2.81 bits per heavy atom. The highest BCUT2D eigenvalue weighted by atomic mass is 35.5. The first-order valence-corrected chi connectivity index (χ1v) is 7.76. The largest absolute Gasteiger partial charge is 0.345 e. The summed E-state index contributed by atoms with van der Waals surface area (Å²) in [5, 5.41) is 0.228. The van der Waals surface area contributed by atoms with Crippen molar-refractivity contribution in [1.29, 1.82) is 0 Å². The van der Waals surface area contributed by atoms with E-state index in [1.54, 1.807) is 0 Å². The second kappa shape index (κ2) is 8.24. The first-order valence-electron chi connectivity index (χ1n) is 6.18. The van der Waals surface area contributed by atoms with Crippen molar-refractivity contribution in [2.45, 2.75) is 43.8 Å². The zero-order chi connectivity index (χ0) is 11.8. The molecule has 0 N–H and O–H groups in total. The number of alkyl halides is 1. The summed E-state index contributed by atoms with van der Waals surface area (Å²) < 4.78 is 0. The van der Waals surface area contributed by atoms with Gasteiger partial charge in [-0.05, 0) is 31.4 Å². The van der Waals surface area contributed by atoms with E-state index in [1.165, 1.54) is 12.8 Å². The summed E-state index contributed by atoms with van der Waals surface area (Å²) in [6.07, 6.45) is 6.81. The van der Waals surface area contributed by atoms with E-state index in [2.05, 4.69) is 0 Å². The topological polar surface area (TPSA) is 20.3 Å². The van der Waals surface area contributed by atoms with Crippen LogP contribution in [0.15, 0.2) is 0 Å². The van der Waals surface area contributed by atoms with Gasteiger partial charge in [-0.2, -0.15) is 0 Å². The highest BCUT2D eigenvalue weighted by molar-refractivity contribution is 8.00. The first kappa shape index (κ1) is 14.2. The third-order valence-electron chi connectivity index (χ3n) is 2.96. The summed E-state index contributed by atoms with van der Waals surface area (Å²) in [6, 6.07) is 0. The molecule has 0 radical (unpaired) electrons. The third-order valence-corrected chi connectivity index (χ3v) is 4.59. The molecule has 16 heavy (non-hydrogen) atoms. The number of carbonyl (C=O) groups is 1. The number of hydrogen-bond donors (Lipinski definition) is 0. The summed E-state index contributed by atoms with van der Waals surface area (Å²) in [5.74, 6) is 2.21. The van der Waals surface area contributed by atoms with E-state index in [0.29, 0.717) is 5.91 Å². The van der Waals surface area contributed by atoms with Gasteiger partial charge in [0.05, 0.1) is 5.25 Å². The van der Waals surface area contributed by atoms with E-state index in [0.717, 1.165) is 43.9 Å². The Balaban J connectivity index is 2.18. The number of rotatable bonds is 6. The highest BCUT2D eigenvalue weighted by Crippen LogP contribution is 2.26. The molecule has 1 atom stereocenters. The Bertz CT molecular complexity index is 207. The molecule has 2 nitrogen and oxygen atoms in total. The molecule has 1 fully saturated rings. The number of unbranched alkanes of at least 4 members (excludes halogenated alkanes) is 2. The molecule has 0 aromatic carbocycles. The molecule has 1 heterocycles. The van der Waals surface area contributed by atoms with Gasteiger partial charge < -0.3 is 4.90 Å².